The summed E-state index contributed by atoms with van der Waals surface area (Å²) in [5.41, 5.74) is 1.30. The second-order valence-corrected chi connectivity index (χ2v) is 9.46. The Balaban J connectivity index is 1.94. The maximum Gasteiger partial charge on any atom is 0.264 e. The van der Waals surface area contributed by atoms with Gasteiger partial charge in [0.15, 0.2) is 0 Å². The molecule has 3 aromatic carbocycles. The zero-order valence-electron chi connectivity index (χ0n) is 16.2. The molecule has 0 saturated heterocycles. The summed E-state index contributed by atoms with van der Waals surface area (Å²) in [5.74, 6) is 0.515. The summed E-state index contributed by atoms with van der Waals surface area (Å²) in [6.45, 7) is 2.04. The van der Waals surface area contributed by atoms with Crippen LogP contribution in [-0.4, -0.2) is 27.1 Å². The van der Waals surface area contributed by atoms with Crippen LogP contribution in [0.5, 0.6) is 0 Å². The number of hydrogen-bond acceptors (Lipinski definition) is 4. The molecule has 0 aliphatic heterocycles. The highest BCUT2D eigenvalue weighted by Gasteiger charge is 2.25. The Labute approximate surface area is 175 Å². The molecule has 3 aromatic rings. The Morgan fingerprint density at radius 1 is 0.931 bits per heavy atom. The molecule has 5 nitrogen and oxygen atoms in total. The van der Waals surface area contributed by atoms with E-state index in [2.05, 4.69) is 5.32 Å². The van der Waals surface area contributed by atoms with E-state index in [0.29, 0.717) is 11.4 Å². The van der Waals surface area contributed by atoms with E-state index in [4.69, 9.17) is 0 Å². The second-order valence-electron chi connectivity index (χ2n) is 6.19. The summed E-state index contributed by atoms with van der Waals surface area (Å²) >= 11 is 1.63. The molecule has 29 heavy (non-hydrogen) atoms. The van der Waals surface area contributed by atoms with Crippen LogP contribution in [0.3, 0.4) is 0 Å². The summed E-state index contributed by atoms with van der Waals surface area (Å²) in [6.07, 6.45) is 0. The maximum atomic E-state index is 13.0. The molecule has 0 spiro atoms. The van der Waals surface area contributed by atoms with Crippen molar-refractivity contribution in [3.63, 3.8) is 0 Å². The van der Waals surface area contributed by atoms with Crippen molar-refractivity contribution < 1.29 is 13.2 Å². The summed E-state index contributed by atoms with van der Waals surface area (Å²) < 4.78 is 27.1. The van der Waals surface area contributed by atoms with Gasteiger partial charge in [0.1, 0.15) is 0 Å². The first-order chi connectivity index (χ1) is 13.9. The number of thioether (sulfide) groups is 1. The largest absolute Gasteiger partial charge is 0.321 e. The average molecular weight is 427 g/mol. The molecular formula is C22H22N2O3S2. The number of rotatable bonds is 7. The van der Waals surface area contributed by atoms with E-state index in [1.807, 2.05) is 31.2 Å². The highest BCUT2D eigenvalue weighted by molar-refractivity contribution is 7.99. The number of nitrogens with zero attached hydrogens (tertiary/aromatic N) is 1. The first-order valence-electron chi connectivity index (χ1n) is 9.11. The molecule has 0 aliphatic rings. The van der Waals surface area contributed by atoms with E-state index in [1.165, 1.54) is 19.2 Å². The van der Waals surface area contributed by atoms with Crippen molar-refractivity contribution >= 4 is 39.1 Å². The highest BCUT2D eigenvalue weighted by Crippen LogP contribution is 2.29. The quantitative estimate of drug-likeness (QED) is 0.547. The molecular weight excluding hydrogens is 404 g/mol. The van der Waals surface area contributed by atoms with Crippen molar-refractivity contribution in [2.75, 3.05) is 22.4 Å². The van der Waals surface area contributed by atoms with Gasteiger partial charge >= 0.3 is 0 Å². The third-order valence-corrected chi connectivity index (χ3v) is 7.07. The Morgan fingerprint density at radius 3 is 2.28 bits per heavy atom. The smallest absolute Gasteiger partial charge is 0.264 e. The van der Waals surface area contributed by atoms with E-state index < -0.39 is 10.0 Å². The number of anilines is 2. The number of nitrogens with one attached hydrogen (secondary N) is 1. The normalized spacial score (nSPS) is 11.1. The fourth-order valence-electron chi connectivity index (χ4n) is 2.86. The molecule has 0 bridgehead atoms. The summed E-state index contributed by atoms with van der Waals surface area (Å²) in [4.78, 5) is 14.2. The minimum absolute atomic E-state index is 0.169. The lowest BCUT2D eigenvalue weighted by Gasteiger charge is -2.22. The van der Waals surface area contributed by atoms with Gasteiger partial charge in [-0.25, -0.2) is 8.42 Å². The summed E-state index contributed by atoms with van der Waals surface area (Å²) in [5, 5.41) is 2.92. The van der Waals surface area contributed by atoms with Crippen LogP contribution >= 0.6 is 11.8 Å². The van der Waals surface area contributed by atoms with E-state index in [-0.39, 0.29) is 16.4 Å². The molecule has 0 radical (unpaired) electrons. The Hall–Kier alpha value is -2.77. The highest BCUT2D eigenvalue weighted by atomic mass is 32.2. The molecule has 0 aromatic heterocycles. The molecule has 0 saturated carbocycles. The van der Waals surface area contributed by atoms with Gasteiger partial charge in [0.25, 0.3) is 15.9 Å². The molecule has 0 heterocycles. The summed E-state index contributed by atoms with van der Waals surface area (Å²) in [7, 11) is -2.33. The molecule has 3 rings (SSSR count). The van der Waals surface area contributed by atoms with Gasteiger partial charge in [0.05, 0.1) is 21.8 Å². The van der Waals surface area contributed by atoms with Crippen molar-refractivity contribution in [3.05, 3.63) is 84.4 Å². The Morgan fingerprint density at radius 2 is 1.55 bits per heavy atom. The maximum absolute atomic E-state index is 13.0. The second kappa shape index (κ2) is 9.15. The zero-order chi connectivity index (χ0) is 20.9. The number of carbonyl (C=O) groups excluding carboxylic acids is 1. The van der Waals surface area contributed by atoms with Gasteiger partial charge in [-0.1, -0.05) is 49.4 Å². The lowest BCUT2D eigenvalue weighted by molar-refractivity contribution is 0.102. The fourth-order valence-corrected chi connectivity index (χ4v) is 4.86. The Bertz CT molecular complexity index is 1100. The van der Waals surface area contributed by atoms with Gasteiger partial charge in [0.2, 0.25) is 0 Å². The van der Waals surface area contributed by atoms with Crippen molar-refractivity contribution in [1.82, 2.24) is 0 Å². The van der Waals surface area contributed by atoms with Crippen molar-refractivity contribution in [2.24, 2.45) is 0 Å². The van der Waals surface area contributed by atoms with Crippen LogP contribution in [0.25, 0.3) is 0 Å². The zero-order valence-corrected chi connectivity index (χ0v) is 17.8. The van der Waals surface area contributed by atoms with Gasteiger partial charge in [0, 0.05) is 11.9 Å². The molecule has 0 aliphatic carbocycles. The Kier molecular flexibility index (Phi) is 6.61. The van der Waals surface area contributed by atoms with Crippen LogP contribution in [0.15, 0.2) is 88.7 Å². The van der Waals surface area contributed by atoms with Gasteiger partial charge in [-0.05, 0) is 42.2 Å². The molecule has 0 fully saturated rings. The third-order valence-electron chi connectivity index (χ3n) is 4.32. The van der Waals surface area contributed by atoms with Crippen LogP contribution in [0.4, 0.5) is 11.4 Å². The lowest BCUT2D eigenvalue weighted by Crippen LogP contribution is -2.29. The molecule has 0 unspecified atom stereocenters. The van der Waals surface area contributed by atoms with Crippen molar-refractivity contribution in [1.29, 1.82) is 0 Å². The van der Waals surface area contributed by atoms with Gasteiger partial charge in [-0.2, -0.15) is 0 Å². The SMILES string of the molecule is CCSc1ccccc1NC(=O)c1ccccc1N(C)S(=O)(=O)c1ccccc1. The summed E-state index contributed by atoms with van der Waals surface area (Å²) in [6, 6.07) is 22.4. The number of amides is 1. The number of sulfonamides is 1. The van der Waals surface area contributed by atoms with E-state index in [9.17, 15) is 13.2 Å². The molecule has 1 amide bonds. The number of para-hydroxylation sites is 2. The monoisotopic (exact) mass is 426 g/mol. The first-order valence-corrected chi connectivity index (χ1v) is 11.5. The third kappa shape index (κ3) is 4.63. The predicted molar refractivity (Wildman–Crippen MR) is 119 cm³/mol. The topological polar surface area (TPSA) is 66.5 Å². The number of carbonyl (C=O) groups is 1. The van der Waals surface area contributed by atoms with Crippen LogP contribution < -0.4 is 9.62 Å². The predicted octanol–water partition coefficient (Wildman–Crippen LogP) is 4.88. The molecule has 0 atom stereocenters. The van der Waals surface area contributed by atoms with Crippen molar-refractivity contribution in [3.8, 4) is 0 Å². The number of benzene rings is 3. The van der Waals surface area contributed by atoms with Crippen LogP contribution in [0, 0.1) is 0 Å². The van der Waals surface area contributed by atoms with Crippen LogP contribution in [0.2, 0.25) is 0 Å². The average Bonchev–Trinajstić information content (AvgIpc) is 2.75. The first kappa shape index (κ1) is 21.0. The standard InChI is InChI=1S/C22H22N2O3S2/c1-3-28-21-16-10-8-14-19(21)23-22(25)18-13-7-9-15-20(18)24(2)29(26,27)17-11-5-4-6-12-17/h4-16H,3H2,1-2H3,(H,23,25). The van der Waals surface area contributed by atoms with Crippen LogP contribution in [0.1, 0.15) is 17.3 Å². The molecule has 7 heteroatoms. The van der Waals surface area contributed by atoms with Gasteiger partial charge in [-0.15, -0.1) is 11.8 Å². The van der Waals surface area contributed by atoms with E-state index in [0.717, 1.165) is 15.0 Å². The van der Waals surface area contributed by atoms with Gasteiger partial charge in [-0.3, -0.25) is 9.10 Å². The fraction of sp³-hybridized carbons (Fsp3) is 0.136. The lowest BCUT2D eigenvalue weighted by atomic mass is 10.1. The van der Waals surface area contributed by atoms with Crippen LogP contribution in [-0.2, 0) is 10.0 Å². The number of hydrogen-bond donors (Lipinski definition) is 1. The molecule has 150 valence electrons. The molecule has 1 N–H and O–H groups in total. The minimum atomic E-state index is -3.79. The van der Waals surface area contributed by atoms with Gasteiger partial charge < -0.3 is 5.32 Å². The van der Waals surface area contributed by atoms with E-state index >= 15 is 0 Å². The minimum Gasteiger partial charge on any atom is -0.321 e. The van der Waals surface area contributed by atoms with E-state index in [1.54, 1.807) is 54.2 Å². The van der Waals surface area contributed by atoms with Crippen molar-refractivity contribution in [2.45, 2.75) is 16.7 Å².